The molecule has 12 heteroatoms. The molecule has 1 aliphatic heterocycles. The van der Waals surface area contributed by atoms with Gasteiger partial charge in [0.1, 0.15) is 5.82 Å². The molecule has 8 nitrogen and oxygen atoms in total. The summed E-state index contributed by atoms with van der Waals surface area (Å²) in [5.41, 5.74) is -0.299. The van der Waals surface area contributed by atoms with Gasteiger partial charge in [-0.25, -0.2) is 9.78 Å². The molecule has 0 saturated carbocycles. The van der Waals surface area contributed by atoms with Crippen LogP contribution >= 0.6 is 27.5 Å². The zero-order chi connectivity index (χ0) is 25.9. The van der Waals surface area contributed by atoms with E-state index in [9.17, 15) is 23.5 Å². The van der Waals surface area contributed by atoms with E-state index in [2.05, 4.69) is 31.0 Å². The average molecular weight is 576 g/mol. The van der Waals surface area contributed by atoms with Crippen LogP contribution in [0.5, 0.6) is 5.75 Å². The first-order valence-corrected chi connectivity index (χ1v) is 12.0. The first-order chi connectivity index (χ1) is 16.4. The maximum absolute atomic E-state index is 12.7. The third-order valence-electron chi connectivity index (χ3n) is 5.57. The minimum absolute atomic E-state index is 0.00668. The van der Waals surface area contributed by atoms with Crippen molar-refractivity contribution < 1.29 is 28.2 Å². The minimum atomic E-state index is -3.10. The molecule has 0 spiro atoms. The molecular formula is C23H26BrClF2N4O4. The van der Waals surface area contributed by atoms with Crippen molar-refractivity contribution >= 4 is 51.0 Å². The smallest absolute Gasteiger partial charge is 0.407 e. The molecule has 3 rings (SSSR count). The molecule has 0 bridgehead atoms. The molecule has 1 aromatic carbocycles. The van der Waals surface area contributed by atoms with Crippen LogP contribution < -0.4 is 15.0 Å². The predicted molar refractivity (Wildman–Crippen MR) is 133 cm³/mol. The highest BCUT2D eigenvalue weighted by molar-refractivity contribution is 9.10. The molecule has 0 radical (unpaired) electrons. The number of benzene rings is 1. The SMILES string of the molecule is CC(C)(C)N(CC1CCN(c2ncc(C(=O)Nc3cccc(Cl)c3OC(F)F)cc2Br)C1)C(=O)O. The van der Waals surface area contributed by atoms with Gasteiger partial charge in [0.05, 0.1) is 20.7 Å². The van der Waals surface area contributed by atoms with Gasteiger partial charge in [0.2, 0.25) is 0 Å². The fourth-order valence-corrected chi connectivity index (χ4v) is 4.69. The Morgan fingerprint density at radius 3 is 2.71 bits per heavy atom. The number of aromatic nitrogens is 1. The van der Waals surface area contributed by atoms with Crippen LogP contribution in [0.2, 0.25) is 5.02 Å². The van der Waals surface area contributed by atoms with Crippen molar-refractivity contribution in [3.8, 4) is 5.75 Å². The zero-order valence-electron chi connectivity index (χ0n) is 19.4. The van der Waals surface area contributed by atoms with Gasteiger partial charge in [0.25, 0.3) is 5.91 Å². The van der Waals surface area contributed by atoms with Gasteiger partial charge in [-0.2, -0.15) is 8.78 Å². The normalized spacial score (nSPS) is 15.9. The van der Waals surface area contributed by atoms with E-state index in [-0.39, 0.29) is 27.9 Å². The maximum atomic E-state index is 12.7. The third-order valence-corrected chi connectivity index (χ3v) is 6.45. The number of carbonyl (C=O) groups is 2. The van der Waals surface area contributed by atoms with Crippen LogP contribution in [0, 0.1) is 5.92 Å². The number of amides is 2. The van der Waals surface area contributed by atoms with Crippen LogP contribution in [-0.2, 0) is 0 Å². The zero-order valence-corrected chi connectivity index (χ0v) is 21.7. The molecule has 1 aromatic heterocycles. The van der Waals surface area contributed by atoms with Gasteiger partial charge in [0.15, 0.2) is 5.75 Å². The summed E-state index contributed by atoms with van der Waals surface area (Å²) in [6.07, 6.45) is 1.24. The Hall–Kier alpha value is -2.66. The van der Waals surface area contributed by atoms with E-state index in [1.54, 1.807) is 6.07 Å². The largest absolute Gasteiger partial charge is 0.465 e. The van der Waals surface area contributed by atoms with Crippen LogP contribution in [0.3, 0.4) is 0 Å². The average Bonchev–Trinajstić information content (AvgIpc) is 3.21. The van der Waals surface area contributed by atoms with Crippen molar-refractivity contribution in [1.29, 1.82) is 0 Å². The van der Waals surface area contributed by atoms with Crippen molar-refractivity contribution in [2.24, 2.45) is 5.92 Å². The summed E-state index contributed by atoms with van der Waals surface area (Å²) in [4.78, 5) is 32.3. The molecule has 1 aliphatic rings. The lowest BCUT2D eigenvalue weighted by molar-refractivity contribution is -0.0493. The molecule has 2 heterocycles. The van der Waals surface area contributed by atoms with Gasteiger partial charge in [0, 0.05) is 31.4 Å². The molecule has 2 amide bonds. The number of alkyl halides is 2. The lowest BCUT2D eigenvalue weighted by atomic mass is 10.0. The highest BCUT2D eigenvalue weighted by Gasteiger charge is 2.33. The minimum Gasteiger partial charge on any atom is -0.465 e. The Bertz CT molecular complexity index is 1100. The molecule has 1 atom stereocenters. The van der Waals surface area contributed by atoms with E-state index in [0.717, 1.165) is 6.42 Å². The molecule has 1 fully saturated rings. The summed E-state index contributed by atoms with van der Waals surface area (Å²) in [6.45, 7) is 4.21. The fourth-order valence-electron chi connectivity index (χ4n) is 3.87. The number of ether oxygens (including phenoxy) is 1. The number of nitrogens with one attached hydrogen (secondary N) is 1. The topological polar surface area (TPSA) is 95.0 Å². The number of anilines is 2. The Labute approximate surface area is 215 Å². The van der Waals surface area contributed by atoms with E-state index < -0.39 is 24.2 Å². The quantitative estimate of drug-likeness (QED) is 0.423. The van der Waals surface area contributed by atoms with Gasteiger partial charge in [-0.1, -0.05) is 17.7 Å². The highest BCUT2D eigenvalue weighted by atomic mass is 79.9. The summed E-state index contributed by atoms with van der Waals surface area (Å²) in [5, 5.41) is 12.0. The Kier molecular flexibility index (Phi) is 8.42. The number of carbonyl (C=O) groups excluding carboxylic acids is 1. The lowest BCUT2D eigenvalue weighted by Gasteiger charge is -2.35. The number of hydrogen-bond acceptors (Lipinski definition) is 5. The molecule has 1 unspecified atom stereocenters. The van der Waals surface area contributed by atoms with Crippen LogP contribution in [0.1, 0.15) is 37.6 Å². The summed E-state index contributed by atoms with van der Waals surface area (Å²) < 4.78 is 30.5. The standard InChI is InChI=1S/C23H26BrClF2N4O4/c1-23(2,3)31(22(33)34)12-13-7-8-30(11-13)19-15(24)9-14(10-28-19)20(32)29-17-6-4-5-16(25)18(17)35-21(26)27/h4-6,9-10,13,21H,7-8,11-12H2,1-3H3,(H,29,32)(H,33,34). The monoisotopic (exact) mass is 574 g/mol. The van der Waals surface area contributed by atoms with Crippen molar-refractivity contribution in [3.05, 3.63) is 45.5 Å². The number of nitrogens with zero attached hydrogens (tertiary/aromatic N) is 3. The van der Waals surface area contributed by atoms with E-state index >= 15 is 0 Å². The molecule has 35 heavy (non-hydrogen) atoms. The van der Waals surface area contributed by atoms with Crippen molar-refractivity contribution in [2.45, 2.75) is 39.3 Å². The number of carboxylic acid groups (broad SMARTS) is 1. The van der Waals surface area contributed by atoms with E-state index in [1.165, 1.54) is 29.3 Å². The first-order valence-electron chi connectivity index (χ1n) is 10.8. The molecule has 1 saturated heterocycles. The lowest BCUT2D eigenvalue weighted by Crippen LogP contribution is -2.47. The highest BCUT2D eigenvalue weighted by Crippen LogP contribution is 2.35. The van der Waals surface area contributed by atoms with E-state index in [4.69, 9.17) is 11.6 Å². The number of rotatable bonds is 7. The van der Waals surface area contributed by atoms with Gasteiger partial charge >= 0.3 is 12.7 Å². The van der Waals surface area contributed by atoms with Gasteiger partial charge in [-0.15, -0.1) is 0 Å². The summed E-state index contributed by atoms with van der Waals surface area (Å²) >= 11 is 9.40. The Balaban J connectivity index is 1.70. The van der Waals surface area contributed by atoms with Crippen LogP contribution in [-0.4, -0.2) is 58.8 Å². The number of para-hydroxylation sites is 1. The molecule has 190 valence electrons. The molecule has 2 aromatic rings. The van der Waals surface area contributed by atoms with E-state index in [1.807, 2.05) is 25.7 Å². The number of hydrogen-bond donors (Lipinski definition) is 2. The molecule has 0 aliphatic carbocycles. The second-order valence-corrected chi connectivity index (χ2v) is 10.4. The molecule has 2 N–H and O–H groups in total. The van der Waals surface area contributed by atoms with Crippen LogP contribution in [0.4, 0.5) is 25.1 Å². The first kappa shape index (κ1) is 26.9. The summed E-state index contributed by atoms with van der Waals surface area (Å²) in [5.74, 6) is -0.133. The van der Waals surface area contributed by atoms with E-state index in [0.29, 0.717) is 29.9 Å². The Morgan fingerprint density at radius 2 is 2.11 bits per heavy atom. The van der Waals surface area contributed by atoms with Gasteiger partial charge in [-0.05, 0) is 67.2 Å². The Morgan fingerprint density at radius 1 is 1.40 bits per heavy atom. The maximum Gasteiger partial charge on any atom is 0.407 e. The summed E-state index contributed by atoms with van der Waals surface area (Å²) in [6, 6.07) is 5.87. The summed E-state index contributed by atoms with van der Waals surface area (Å²) in [7, 11) is 0. The van der Waals surface area contributed by atoms with Gasteiger partial charge < -0.3 is 25.0 Å². The van der Waals surface area contributed by atoms with Crippen molar-refractivity contribution in [1.82, 2.24) is 9.88 Å². The second kappa shape index (κ2) is 10.9. The number of halogens is 4. The number of pyridine rings is 1. The van der Waals surface area contributed by atoms with Crippen LogP contribution in [0.25, 0.3) is 0 Å². The second-order valence-electron chi connectivity index (χ2n) is 9.14. The fraction of sp³-hybridized carbons (Fsp3) is 0.435. The predicted octanol–water partition coefficient (Wildman–Crippen LogP) is 5.96. The van der Waals surface area contributed by atoms with Crippen molar-refractivity contribution in [2.75, 3.05) is 29.9 Å². The van der Waals surface area contributed by atoms with Crippen LogP contribution in [0.15, 0.2) is 34.9 Å². The van der Waals surface area contributed by atoms with Crippen molar-refractivity contribution in [3.63, 3.8) is 0 Å². The molecular weight excluding hydrogens is 550 g/mol. The third kappa shape index (κ3) is 6.72. The van der Waals surface area contributed by atoms with Gasteiger partial charge in [-0.3, -0.25) is 4.79 Å².